The van der Waals surface area contributed by atoms with E-state index in [1.165, 1.54) is 0 Å². The fourth-order valence-corrected chi connectivity index (χ4v) is 4.13. The maximum absolute atomic E-state index is 14.0. The largest absolute Gasteiger partial charge is 0.292 e. The fourth-order valence-electron chi connectivity index (χ4n) is 3.59. The molecule has 0 saturated heterocycles. The first-order valence-electron chi connectivity index (χ1n) is 9.30. The molecular formula is C26H22ClOP. The molecule has 0 saturated carbocycles. The summed E-state index contributed by atoms with van der Waals surface area (Å²) in [6.45, 7) is 0. The first-order chi connectivity index (χ1) is 13.7. The molecule has 0 bridgehead atoms. The number of carbonyl (C=O) groups excluding carboxylic acids is 1. The lowest BCUT2D eigenvalue weighted by Crippen LogP contribution is -2.31. The maximum Gasteiger partial charge on any atom is 0.182 e. The van der Waals surface area contributed by atoms with E-state index in [1.807, 2.05) is 115 Å². The molecule has 0 heterocycles. The van der Waals surface area contributed by atoms with E-state index < -0.39 is 5.16 Å². The zero-order chi connectivity index (χ0) is 19.4. The zero-order valence-corrected chi connectivity index (χ0v) is 17.8. The number of rotatable bonds is 5. The zero-order valence-electron chi connectivity index (χ0n) is 15.9. The number of halogens is 1. The highest BCUT2D eigenvalue weighted by Crippen LogP contribution is 2.43. The molecule has 1 unspecified atom stereocenters. The van der Waals surface area contributed by atoms with Gasteiger partial charge in [0.05, 0.1) is 5.16 Å². The summed E-state index contributed by atoms with van der Waals surface area (Å²) in [4.78, 5) is 14.0. The summed E-state index contributed by atoms with van der Waals surface area (Å²) in [5, 5.41) is -0.854. The van der Waals surface area contributed by atoms with Gasteiger partial charge < -0.3 is 0 Å². The van der Waals surface area contributed by atoms with E-state index in [0.29, 0.717) is 0 Å². The second kappa shape index (κ2) is 9.18. The monoisotopic (exact) mass is 416 g/mol. The number of hydrogen-bond acceptors (Lipinski definition) is 1. The van der Waals surface area contributed by atoms with Crippen LogP contribution < -0.4 is 0 Å². The maximum atomic E-state index is 14.0. The van der Waals surface area contributed by atoms with Gasteiger partial charge in [-0.25, -0.2) is 0 Å². The second-order valence-corrected chi connectivity index (χ2v) is 7.65. The van der Waals surface area contributed by atoms with Crippen LogP contribution in [0.25, 0.3) is 11.1 Å². The molecule has 4 rings (SSSR count). The van der Waals surface area contributed by atoms with Crippen molar-refractivity contribution in [1.82, 2.24) is 0 Å². The van der Waals surface area contributed by atoms with E-state index in [9.17, 15) is 4.79 Å². The molecule has 4 aromatic carbocycles. The van der Waals surface area contributed by atoms with Crippen LogP contribution in [-0.2, 0) is 5.16 Å². The third-order valence-electron chi connectivity index (χ3n) is 5.07. The Morgan fingerprint density at radius 1 is 0.586 bits per heavy atom. The molecule has 1 atom stereocenters. The molecule has 0 spiro atoms. The number of benzene rings is 4. The molecule has 0 aliphatic carbocycles. The minimum absolute atomic E-state index is 0. The van der Waals surface area contributed by atoms with Crippen LogP contribution >= 0.6 is 21.6 Å². The molecule has 0 N–H and O–H groups in total. The van der Waals surface area contributed by atoms with Gasteiger partial charge in [0.25, 0.3) is 0 Å². The van der Waals surface area contributed by atoms with Crippen LogP contribution in [0.5, 0.6) is 0 Å². The average molecular weight is 417 g/mol. The lowest BCUT2D eigenvalue weighted by molar-refractivity contribution is 0.0959. The molecule has 144 valence electrons. The molecule has 0 aliphatic rings. The van der Waals surface area contributed by atoms with Gasteiger partial charge in [0.2, 0.25) is 0 Å². The van der Waals surface area contributed by atoms with Crippen LogP contribution in [0.15, 0.2) is 115 Å². The number of hydrogen-bond donors (Lipinski definition) is 0. The molecule has 3 heteroatoms. The summed E-state index contributed by atoms with van der Waals surface area (Å²) < 4.78 is 0. The first-order valence-corrected chi connectivity index (χ1v) is 9.88. The smallest absolute Gasteiger partial charge is 0.182 e. The molecule has 0 radical (unpaired) electrons. The van der Waals surface area contributed by atoms with Gasteiger partial charge in [-0.1, -0.05) is 115 Å². The van der Waals surface area contributed by atoms with Crippen molar-refractivity contribution >= 4 is 27.4 Å². The van der Waals surface area contributed by atoms with Crippen LogP contribution in [0.2, 0.25) is 0 Å². The van der Waals surface area contributed by atoms with Crippen LogP contribution in [0.1, 0.15) is 21.5 Å². The Bertz CT molecular complexity index is 1040. The Labute approximate surface area is 180 Å². The van der Waals surface area contributed by atoms with Crippen molar-refractivity contribution in [2.45, 2.75) is 5.16 Å². The van der Waals surface area contributed by atoms with Crippen molar-refractivity contribution in [2.75, 3.05) is 0 Å². The standard InChI is InChI=1S/C26H21OP.ClH/c27-25(24-19-11-10-18-23(24)20-12-4-1-5-13-20)26(28,21-14-6-2-7-15-21)22-16-8-3-9-17-22;/h1-19H,28H2;1H. The lowest BCUT2D eigenvalue weighted by Gasteiger charge is -2.30. The van der Waals surface area contributed by atoms with E-state index in [0.717, 1.165) is 27.8 Å². The summed E-state index contributed by atoms with van der Waals surface area (Å²) in [5.74, 6) is 0.0642. The average Bonchev–Trinajstić information content (AvgIpc) is 2.80. The Morgan fingerprint density at radius 2 is 1.00 bits per heavy atom. The Kier molecular flexibility index (Phi) is 6.64. The Hall–Kier alpha value is -2.73. The number of ketones is 1. The van der Waals surface area contributed by atoms with Crippen LogP contribution in [0.3, 0.4) is 0 Å². The highest BCUT2D eigenvalue weighted by Gasteiger charge is 2.38. The van der Waals surface area contributed by atoms with Gasteiger partial charge in [-0.15, -0.1) is 21.6 Å². The van der Waals surface area contributed by atoms with E-state index in [2.05, 4.69) is 9.24 Å². The molecular weight excluding hydrogens is 395 g/mol. The van der Waals surface area contributed by atoms with Gasteiger partial charge >= 0.3 is 0 Å². The third kappa shape index (κ3) is 4.03. The van der Waals surface area contributed by atoms with Crippen molar-refractivity contribution in [2.24, 2.45) is 0 Å². The van der Waals surface area contributed by atoms with E-state index >= 15 is 0 Å². The summed E-state index contributed by atoms with van der Waals surface area (Å²) in [5.41, 5.74) is 4.63. The van der Waals surface area contributed by atoms with Crippen molar-refractivity contribution in [3.05, 3.63) is 132 Å². The minimum atomic E-state index is -0.854. The third-order valence-corrected chi connectivity index (χ3v) is 6.00. The summed E-state index contributed by atoms with van der Waals surface area (Å²) in [6.07, 6.45) is 0. The highest BCUT2D eigenvalue weighted by molar-refractivity contribution is 7.21. The molecule has 0 aliphatic heterocycles. The van der Waals surface area contributed by atoms with Crippen molar-refractivity contribution in [3.63, 3.8) is 0 Å². The minimum Gasteiger partial charge on any atom is -0.292 e. The molecule has 4 aromatic rings. The van der Waals surface area contributed by atoms with Crippen LogP contribution in [-0.4, -0.2) is 5.78 Å². The van der Waals surface area contributed by atoms with Crippen molar-refractivity contribution in [3.8, 4) is 11.1 Å². The lowest BCUT2D eigenvalue weighted by atomic mass is 9.81. The SMILES string of the molecule is Cl.O=C(c1ccccc1-c1ccccc1)C(P)(c1ccccc1)c1ccccc1. The quantitative estimate of drug-likeness (QED) is 0.259. The normalized spacial score (nSPS) is 10.8. The summed E-state index contributed by atoms with van der Waals surface area (Å²) >= 11 is 0. The fraction of sp³-hybridized carbons (Fsp3) is 0.0385. The predicted octanol–water partition coefficient (Wildman–Crippen LogP) is 6.78. The van der Waals surface area contributed by atoms with Gasteiger partial charge in [0.1, 0.15) is 0 Å². The Balaban J connectivity index is 0.00000240. The molecule has 29 heavy (non-hydrogen) atoms. The van der Waals surface area contributed by atoms with Gasteiger partial charge in [-0.2, -0.15) is 0 Å². The highest BCUT2D eigenvalue weighted by atomic mass is 35.5. The topological polar surface area (TPSA) is 17.1 Å². The number of Topliss-reactive ketones (excluding diaryl/α,β-unsaturated/α-hetero) is 1. The Morgan fingerprint density at radius 3 is 1.52 bits per heavy atom. The second-order valence-electron chi connectivity index (χ2n) is 6.78. The van der Waals surface area contributed by atoms with Crippen molar-refractivity contribution < 1.29 is 4.79 Å². The predicted molar refractivity (Wildman–Crippen MR) is 127 cm³/mol. The van der Waals surface area contributed by atoms with Gasteiger partial charge in [0.15, 0.2) is 5.78 Å². The first kappa shape index (κ1) is 21.0. The van der Waals surface area contributed by atoms with Crippen LogP contribution in [0.4, 0.5) is 0 Å². The van der Waals surface area contributed by atoms with E-state index in [1.54, 1.807) is 0 Å². The van der Waals surface area contributed by atoms with Gasteiger partial charge in [-0.05, 0) is 22.3 Å². The molecule has 0 amide bonds. The van der Waals surface area contributed by atoms with Crippen molar-refractivity contribution in [1.29, 1.82) is 0 Å². The summed E-state index contributed by atoms with van der Waals surface area (Å²) in [7, 11) is 2.84. The van der Waals surface area contributed by atoms with Gasteiger partial charge in [0, 0.05) is 5.56 Å². The molecule has 0 fully saturated rings. The number of carbonyl (C=O) groups is 1. The van der Waals surface area contributed by atoms with Gasteiger partial charge in [-0.3, -0.25) is 4.79 Å². The van der Waals surface area contributed by atoms with Crippen LogP contribution in [0, 0.1) is 0 Å². The van der Waals surface area contributed by atoms with E-state index in [-0.39, 0.29) is 18.2 Å². The molecule has 0 aromatic heterocycles. The van der Waals surface area contributed by atoms with E-state index in [4.69, 9.17) is 0 Å². The molecule has 1 nitrogen and oxygen atoms in total. The summed E-state index contributed by atoms with van der Waals surface area (Å²) in [6, 6.07) is 37.9.